The number of imidazole rings is 1. The van der Waals surface area contributed by atoms with Crippen molar-refractivity contribution in [2.24, 2.45) is 5.92 Å². The zero-order valence-corrected chi connectivity index (χ0v) is 17.6. The van der Waals surface area contributed by atoms with E-state index in [9.17, 15) is 9.59 Å². The predicted octanol–water partition coefficient (Wildman–Crippen LogP) is 1.62. The van der Waals surface area contributed by atoms with E-state index in [2.05, 4.69) is 20.2 Å². The summed E-state index contributed by atoms with van der Waals surface area (Å²) in [5.74, 6) is 0.751. The van der Waals surface area contributed by atoms with Gasteiger partial charge in [0.1, 0.15) is 0 Å². The third-order valence-electron chi connectivity index (χ3n) is 6.71. The predicted molar refractivity (Wildman–Crippen MR) is 110 cm³/mol. The van der Waals surface area contributed by atoms with Gasteiger partial charge in [-0.1, -0.05) is 0 Å². The molecule has 1 aromatic heterocycles. The lowest BCUT2D eigenvalue weighted by molar-refractivity contribution is -0.146. The number of carbonyl (C=O) groups is 2. The standard InChI is InChI=1S/C19H27N5O2.2ClH/c25-17(13-3-4-13)24-9-5-14-16(22-12-21-14)19(24)6-10-23(11-7-19)18(26)15-2-1-8-20-15;;/h12-13,15,20H,1-11H2,(H,21,22);2*1H/t15-;;/m1../s1. The van der Waals surface area contributed by atoms with E-state index in [0.29, 0.717) is 19.0 Å². The molecule has 28 heavy (non-hydrogen) atoms. The average molecular weight is 430 g/mol. The van der Waals surface area contributed by atoms with Crippen molar-refractivity contribution in [1.29, 1.82) is 0 Å². The molecule has 0 aromatic carbocycles. The molecule has 1 spiro atoms. The summed E-state index contributed by atoms with van der Waals surface area (Å²) in [6.07, 6.45) is 8.27. The molecule has 1 saturated carbocycles. The number of aromatic amines is 1. The van der Waals surface area contributed by atoms with E-state index in [0.717, 1.165) is 63.7 Å². The van der Waals surface area contributed by atoms with Crippen LogP contribution in [0.1, 0.15) is 49.9 Å². The first kappa shape index (κ1) is 21.4. The Morgan fingerprint density at radius 2 is 1.82 bits per heavy atom. The highest BCUT2D eigenvalue weighted by Gasteiger charge is 2.51. The van der Waals surface area contributed by atoms with Gasteiger partial charge < -0.3 is 20.1 Å². The Kier molecular flexibility index (Phi) is 6.27. The van der Waals surface area contributed by atoms with Crippen molar-refractivity contribution in [1.82, 2.24) is 25.1 Å². The van der Waals surface area contributed by atoms with E-state index in [1.54, 1.807) is 6.33 Å². The van der Waals surface area contributed by atoms with Gasteiger partial charge in [-0.05, 0) is 45.1 Å². The Morgan fingerprint density at radius 1 is 1.07 bits per heavy atom. The highest BCUT2D eigenvalue weighted by Crippen LogP contribution is 2.45. The van der Waals surface area contributed by atoms with Crippen molar-refractivity contribution < 1.29 is 9.59 Å². The normalized spacial score (nSPS) is 25.6. The molecule has 1 aliphatic carbocycles. The molecule has 4 aliphatic rings. The summed E-state index contributed by atoms with van der Waals surface area (Å²) in [6, 6.07) is -0.0134. The lowest BCUT2D eigenvalue weighted by Crippen LogP contribution is -2.60. The third-order valence-corrected chi connectivity index (χ3v) is 6.71. The molecule has 0 bridgehead atoms. The monoisotopic (exact) mass is 429 g/mol. The van der Waals surface area contributed by atoms with Crippen LogP contribution in [0.5, 0.6) is 0 Å². The molecule has 156 valence electrons. The Morgan fingerprint density at radius 3 is 2.46 bits per heavy atom. The second kappa shape index (κ2) is 8.20. The fraction of sp³-hybridized carbons (Fsp3) is 0.737. The van der Waals surface area contributed by atoms with Crippen LogP contribution in [0.15, 0.2) is 6.33 Å². The Hall–Kier alpha value is -1.31. The first-order chi connectivity index (χ1) is 12.7. The largest absolute Gasteiger partial charge is 0.348 e. The van der Waals surface area contributed by atoms with E-state index >= 15 is 0 Å². The Balaban J connectivity index is 0.00000112. The number of halogens is 2. The van der Waals surface area contributed by atoms with Crippen LogP contribution in [0.3, 0.4) is 0 Å². The van der Waals surface area contributed by atoms with Crippen molar-refractivity contribution in [3.63, 3.8) is 0 Å². The molecule has 4 heterocycles. The first-order valence-corrected chi connectivity index (χ1v) is 10.1. The van der Waals surface area contributed by atoms with Gasteiger partial charge in [-0.15, -0.1) is 24.8 Å². The van der Waals surface area contributed by atoms with Crippen LogP contribution < -0.4 is 5.32 Å². The Bertz CT molecular complexity index is 722. The molecule has 1 aromatic rings. The molecule has 9 heteroatoms. The van der Waals surface area contributed by atoms with Crippen molar-refractivity contribution in [2.75, 3.05) is 26.2 Å². The molecule has 7 nitrogen and oxygen atoms in total. The number of H-pyrrole nitrogens is 1. The number of aromatic nitrogens is 2. The molecule has 1 atom stereocenters. The van der Waals surface area contributed by atoms with Crippen LogP contribution in [0.25, 0.3) is 0 Å². The number of nitrogens with zero attached hydrogens (tertiary/aromatic N) is 3. The van der Waals surface area contributed by atoms with E-state index in [1.165, 1.54) is 5.69 Å². The van der Waals surface area contributed by atoms with Crippen LogP contribution in [-0.4, -0.2) is 63.8 Å². The third kappa shape index (κ3) is 3.42. The lowest BCUT2D eigenvalue weighted by atomic mass is 9.78. The van der Waals surface area contributed by atoms with Crippen LogP contribution >= 0.6 is 24.8 Å². The molecular weight excluding hydrogens is 401 g/mol. The number of carbonyl (C=O) groups excluding carboxylic acids is 2. The highest BCUT2D eigenvalue weighted by molar-refractivity contribution is 5.86. The second-order valence-corrected chi connectivity index (χ2v) is 8.25. The number of amides is 2. The summed E-state index contributed by atoms with van der Waals surface area (Å²) in [4.78, 5) is 37.8. The minimum Gasteiger partial charge on any atom is -0.348 e. The van der Waals surface area contributed by atoms with Crippen LogP contribution in [0.4, 0.5) is 0 Å². The number of hydrogen-bond acceptors (Lipinski definition) is 4. The van der Waals surface area contributed by atoms with E-state index < -0.39 is 0 Å². The van der Waals surface area contributed by atoms with E-state index in [4.69, 9.17) is 0 Å². The van der Waals surface area contributed by atoms with E-state index in [-0.39, 0.29) is 48.2 Å². The van der Waals surface area contributed by atoms with Gasteiger partial charge in [0, 0.05) is 37.7 Å². The van der Waals surface area contributed by atoms with Crippen LogP contribution in [0, 0.1) is 5.92 Å². The maximum atomic E-state index is 13.0. The summed E-state index contributed by atoms with van der Waals surface area (Å²) in [7, 11) is 0. The minimum atomic E-state index is -0.326. The molecule has 3 aliphatic heterocycles. The van der Waals surface area contributed by atoms with Crippen LogP contribution in [0.2, 0.25) is 0 Å². The minimum absolute atomic E-state index is 0. The fourth-order valence-corrected chi connectivity index (χ4v) is 5.07. The quantitative estimate of drug-likeness (QED) is 0.747. The smallest absolute Gasteiger partial charge is 0.239 e. The molecule has 3 fully saturated rings. The second-order valence-electron chi connectivity index (χ2n) is 8.25. The van der Waals surface area contributed by atoms with Gasteiger partial charge in [-0.3, -0.25) is 9.59 Å². The van der Waals surface area contributed by atoms with Crippen molar-refractivity contribution in [2.45, 2.75) is 56.5 Å². The SMILES string of the molecule is Cl.Cl.O=C([C@H]1CCCN1)N1CCC2(CC1)c1nc[nH]c1CCN2C(=O)C1CC1. The number of nitrogens with one attached hydrogen (secondary N) is 2. The Labute approximate surface area is 177 Å². The van der Waals surface area contributed by atoms with Gasteiger partial charge in [-0.2, -0.15) is 0 Å². The van der Waals surface area contributed by atoms with Gasteiger partial charge in [0.25, 0.3) is 0 Å². The number of rotatable bonds is 2. The molecule has 5 rings (SSSR count). The summed E-state index contributed by atoms with van der Waals surface area (Å²) in [5, 5.41) is 3.31. The maximum absolute atomic E-state index is 13.0. The van der Waals surface area contributed by atoms with E-state index in [1.807, 2.05) is 4.90 Å². The summed E-state index contributed by atoms with van der Waals surface area (Å²) in [5.41, 5.74) is 1.89. The topological polar surface area (TPSA) is 81.3 Å². The van der Waals surface area contributed by atoms with Crippen molar-refractivity contribution in [3.8, 4) is 0 Å². The summed E-state index contributed by atoms with van der Waals surface area (Å²) >= 11 is 0. The van der Waals surface area contributed by atoms with Gasteiger partial charge >= 0.3 is 0 Å². The molecule has 2 amide bonds. The average Bonchev–Trinajstić information content (AvgIpc) is 3.16. The summed E-state index contributed by atoms with van der Waals surface area (Å²) in [6.45, 7) is 3.12. The molecule has 2 N–H and O–H groups in total. The fourth-order valence-electron chi connectivity index (χ4n) is 5.07. The first-order valence-electron chi connectivity index (χ1n) is 10.1. The van der Waals surface area contributed by atoms with Gasteiger partial charge in [-0.25, -0.2) is 4.98 Å². The van der Waals surface area contributed by atoms with Gasteiger partial charge in [0.15, 0.2) is 0 Å². The van der Waals surface area contributed by atoms with Gasteiger partial charge in [0.2, 0.25) is 11.8 Å². The highest BCUT2D eigenvalue weighted by atomic mass is 35.5. The zero-order valence-electron chi connectivity index (χ0n) is 16.0. The maximum Gasteiger partial charge on any atom is 0.239 e. The molecule has 0 radical (unpaired) electrons. The summed E-state index contributed by atoms with van der Waals surface area (Å²) < 4.78 is 0. The number of piperidine rings is 1. The van der Waals surface area contributed by atoms with Crippen molar-refractivity contribution >= 4 is 36.6 Å². The lowest BCUT2D eigenvalue weighted by Gasteiger charge is -2.50. The number of fused-ring (bicyclic) bond motifs is 2. The number of hydrogen-bond donors (Lipinski definition) is 2. The van der Waals surface area contributed by atoms with Crippen LogP contribution in [-0.2, 0) is 21.5 Å². The zero-order chi connectivity index (χ0) is 17.7. The molecular formula is C19H29Cl2N5O2. The number of likely N-dealkylation sites (tertiary alicyclic amines) is 1. The molecule has 0 unspecified atom stereocenters. The van der Waals surface area contributed by atoms with Gasteiger partial charge in [0.05, 0.1) is 23.6 Å². The van der Waals surface area contributed by atoms with Crippen molar-refractivity contribution in [3.05, 3.63) is 17.7 Å². The molecule has 2 saturated heterocycles.